The molecule has 7 rings (SSSR count). The van der Waals surface area contributed by atoms with Crippen LogP contribution < -0.4 is 9.80 Å². The Balaban J connectivity index is 1.19. The maximum absolute atomic E-state index is 4.03. The molecular formula is C53H44N2. The molecule has 0 aliphatic rings. The standard InChI is InChI=1S/C53H44N2/c1-5-14-40(4)54(49(7-3)15-6-2)50-32-24-47(25-33-50)48-30-38-53(39-31-48)55(51-34-26-45(27-35-51)42-18-12-9-13-19-42)52-36-28-46(29-37-52)44-22-20-43(21-23-44)41-16-10-8-11-17-41/h5-39H,1-3H2,4H3/b40-14+,49-15+. The summed E-state index contributed by atoms with van der Waals surface area (Å²) in [6, 6.07) is 64.9. The number of hydrogen-bond donors (Lipinski definition) is 0. The topological polar surface area (TPSA) is 6.48 Å². The van der Waals surface area contributed by atoms with E-state index in [0.29, 0.717) is 0 Å². The predicted octanol–water partition coefficient (Wildman–Crippen LogP) is 15.0. The molecule has 0 fully saturated rings. The largest absolute Gasteiger partial charge is 0.315 e. The molecule has 0 radical (unpaired) electrons. The maximum Gasteiger partial charge on any atom is 0.0462 e. The van der Waals surface area contributed by atoms with E-state index in [-0.39, 0.29) is 0 Å². The van der Waals surface area contributed by atoms with Gasteiger partial charge in [-0.05, 0) is 118 Å². The van der Waals surface area contributed by atoms with E-state index in [2.05, 4.69) is 218 Å². The van der Waals surface area contributed by atoms with Crippen LogP contribution in [0.25, 0.3) is 44.5 Å². The Morgan fingerprint density at radius 2 is 0.655 bits per heavy atom. The van der Waals surface area contributed by atoms with E-state index in [0.717, 1.165) is 45.3 Å². The second-order valence-electron chi connectivity index (χ2n) is 13.2. The van der Waals surface area contributed by atoms with Crippen molar-refractivity contribution >= 4 is 22.7 Å². The van der Waals surface area contributed by atoms with Gasteiger partial charge in [0, 0.05) is 34.1 Å². The number of hydrogen-bond acceptors (Lipinski definition) is 2. The Morgan fingerprint density at radius 3 is 0.964 bits per heavy atom. The van der Waals surface area contributed by atoms with Gasteiger partial charge in [-0.3, -0.25) is 0 Å². The molecule has 7 aromatic carbocycles. The van der Waals surface area contributed by atoms with Crippen LogP contribution >= 0.6 is 0 Å². The molecule has 0 bridgehead atoms. The van der Waals surface area contributed by atoms with Crippen LogP contribution in [0, 0.1) is 0 Å². The molecular weight excluding hydrogens is 665 g/mol. The van der Waals surface area contributed by atoms with E-state index >= 15 is 0 Å². The van der Waals surface area contributed by atoms with E-state index in [4.69, 9.17) is 0 Å². The first-order chi connectivity index (χ1) is 27.1. The molecule has 7 aromatic rings. The number of benzene rings is 7. The Morgan fingerprint density at radius 1 is 0.364 bits per heavy atom. The fourth-order valence-electron chi connectivity index (χ4n) is 6.93. The fraction of sp³-hybridized carbons (Fsp3) is 0.0189. The number of allylic oxidation sites excluding steroid dienone is 6. The van der Waals surface area contributed by atoms with E-state index in [9.17, 15) is 0 Å². The summed E-state index contributed by atoms with van der Waals surface area (Å²) in [6.07, 6.45) is 9.36. The summed E-state index contributed by atoms with van der Waals surface area (Å²) in [5.74, 6) is 0. The molecule has 0 unspecified atom stereocenters. The second kappa shape index (κ2) is 17.1. The van der Waals surface area contributed by atoms with Crippen molar-refractivity contribution in [1.82, 2.24) is 0 Å². The smallest absolute Gasteiger partial charge is 0.0462 e. The summed E-state index contributed by atoms with van der Waals surface area (Å²) >= 11 is 0. The molecule has 0 saturated carbocycles. The molecule has 0 aromatic heterocycles. The van der Waals surface area contributed by atoms with Gasteiger partial charge in [-0.15, -0.1) is 0 Å². The van der Waals surface area contributed by atoms with Crippen LogP contribution in [0.3, 0.4) is 0 Å². The van der Waals surface area contributed by atoms with Gasteiger partial charge in [0.1, 0.15) is 0 Å². The van der Waals surface area contributed by atoms with Crippen molar-refractivity contribution < 1.29 is 0 Å². The highest BCUT2D eigenvalue weighted by Gasteiger charge is 2.15. The van der Waals surface area contributed by atoms with Gasteiger partial charge in [-0.2, -0.15) is 0 Å². The summed E-state index contributed by atoms with van der Waals surface area (Å²) in [5.41, 5.74) is 15.7. The molecule has 0 N–H and O–H groups in total. The first kappa shape index (κ1) is 36.2. The number of anilines is 4. The van der Waals surface area contributed by atoms with E-state index in [1.54, 1.807) is 12.2 Å². The molecule has 2 nitrogen and oxygen atoms in total. The third-order valence-corrected chi connectivity index (χ3v) is 9.74. The lowest BCUT2D eigenvalue weighted by Crippen LogP contribution is -2.19. The van der Waals surface area contributed by atoms with Gasteiger partial charge in [0.15, 0.2) is 0 Å². The van der Waals surface area contributed by atoms with Crippen molar-refractivity contribution in [2.24, 2.45) is 0 Å². The minimum Gasteiger partial charge on any atom is -0.315 e. The summed E-state index contributed by atoms with van der Waals surface area (Å²) in [7, 11) is 0. The van der Waals surface area contributed by atoms with Crippen LogP contribution in [0.5, 0.6) is 0 Å². The van der Waals surface area contributed by atoms with Gasteiger partial charge in [0.05, 0.1) is 0 Å². The van der Waals surface area contributed by atoms with E-state index in [1.165, 1.54) is 33.4 Å². The Hall–Kier alpha value is -7.16. The molecule has 266 valence electrons. The first-order valence-electron chi connectivity index (χ1n) is 18.5. The van der Waals surface area contributed by atoms with Gasteiger partial charge < -0.3 is 9.80 Å². The maximum atomic E-state index is 4.03. The van der Waals surface area contributed by atoms with Crippen molar-refractivity contribution in [3.63, 3.8) is 0 Å². The highest BCUT2D eigenvalue weighted by atomic mass is 15.2. The van der Waals surface area contributed by atoms with Gasteiger partial charge in [0.2, 0.25) is 0 Å². The Kier molecular flexibility index (Phi) is 11.3. The van der Waals surface area contributed by atoms with Gasteiger partial charge in [-0.25, -0.2) is 0 Å². The fourth-order valence-corrected chi connectivity index (χ4v) is 6.93. The van der Waals surface area contributed by atoms with Crippen LogP contribution in [0.1, 0.15) is 6.92 Å². The molecule has 0 saturated heterocycles. The molecule has 0 spiro atoms. The van der Waals surface area contributed by atoms with Crippen LogP contribution in [0.4, 0.5) is 22.7 Å². The average molecular weight is 709 g/mol. The average Bonchev–Trinajstić information content (AvgIpc) is 3.25. The molecule has 55 heavy (non-hydrogen) atoms. The normalized spacial score (nSPS) is 11.4. The van der Waals surface area contributed by atoms with Crippen LogP contribution in [0.2, 0.25) is 0 Å². The highest BCUT2D eigenvalue weighted by Crippen LogP contribution is 2.38. The lowest BCUT2D eigenvalue weighted by molar-refractivity contribution is 1.10. The minimum absolute atomic E-state index is 0.939. The number of rotatable bonds is 13. The summed E-state index contributed by atoms with van der Waals surface area (Å²) in [6.45, 7) is 13.9. The Labute approximate surface area is 326 Å². The van der Waals surface area contributed by atoms with Crippen LogP contribution in [-0.2, 0) is 0 Å². The predicted molar refractivity (Wildman–Crippen MR) is 238 cm³/mol. The molecule has 0 aliphatic carbocycles. The highest BCUT2D eigenvalue weighted by molar-refractivity contribution is 5.81. The van der Waals surface area contributed by atoms with Crippen LogP contribution in [-0.4, -0.2) is 0 Å². The van der Waals surface area contributed by atoms with Gasteiger partial charge >= 0.3 is 0 Å². The monoisotopic (exact) mass is 708 g/mol. The lowest BCUT2D eigenvalue weighted by atomic mass is 10.00. The van der Waals surface area contributed by atoms with Gasteiger partial charge in [0.25, 0.3) is 0 Å². The third-order valence-electron chi connectivity index (χ3n) is 9.74. The van der Waals surface area contributed by atoms with E-state index < -0.39 is 0 Å². The first-order valence-corrected chi connectivity index (χ1v) is 18.5. The van der Waals surface area contributed by atoms with Crippen molar-refractivity contribution in [2.75, 3.05) is 9.80 Å². The molecule has 0 amide bonds. The molecule has 0 aliphatic heterocycles. The third kappa shape index (κ3) is 8.25. The Bertz CT molecular complexity index is 2420. The van der Waals surface area contributed by atoms with Crippen LogP contribution in [0.15, 0.2) is 244 Å². The zero-order valence-electron chi connectivity index (χ0n) is 31.2. The SMILES string of the molecule is C=C/C=C(\C)N(/C(C=C)=C/C=C)c1ccc(-c2ccc(N(c3ccc(-c4ccccc4)cc3)c3ccc(-c4ccc(-c5ccccc5)cc4)cc3)cc2)cc1. The zero-order chi connectivity index (χ0) is 38.0. The van der Waals surface area contributed by atoms with Crippen molar-refractivity contribution in [2.45, 2.75) is 6.92 Å². The minimum atomic E-state index is 0.939. The molecule has 0 atom stereocenters. The summed E-state index contributed by atoms with van der Waals surface area (Å²) in [5, 5.41) is 0. The number of nitrogens with zero attached hydrogens (tertiary/aromatic N) is 2. The molecule has 2 heteroatoms. The second-order valence-corrected chi connectivity index (χ2v) is 13.2. The van der Waals surface area contributed by atoms with Crippen molar-refractivity contribution in [3.8, 4) is 44.5 Å². The van der Waals surface area contributed by atoms with Gasteiger partial charge in [-0.1, -0.05) is 165 Å². The summed E-state index contributed by atoms with van der Waals surface area (Å²) < 4.78 is 0. The molecule has 0 heterocycles. The van der Waals surface area contributed by atoms with E-state index in [1.807, 2.05) is 18.2 Å². The quantitative estimate of drug-likeness (QED) is 0.110. The van der Waals surface area contributed by atoms with Crippen molar-refractivity contribution in [1.29, 1.82) is 0 Å². The van der Waals surface area contributed by atoms with Crippen molar-refractivity contribution in [3.05, 3.63) is 244 Å². The zero-order valence-corrected chi connectivity index (χ0v) is 31.2. The lowest BCUT2D eigenvalue weighted by Gasteiger charge is -2.27. The summed E-state index contributed by atoms with van der Waals surface area (Å²) in [4.78, 5) is 4.47.